The molecule has 0 unspecified atom stereocenters. The molecule has 0 amide bonds. The Balaban J connectivity index is 1.15. The van der Waals surface area contributed by atoms with E-state index in [1.807, 2.05) is 0 Å². The topological polar surface area (TPSA) is 3.24 Å². The van der Waals surface area contributed by atoms with Gasteiger partial charge in [0.2, 0.25) is 0 Å². The molecule has 1 heteroatoms. The minimum absolute atomic E-state index is 0.0236. The van der Waals surface area contributed by atoms with Gasteiger partial charge in [0, 0.05) is 27.9 Å². The first kappa shape index (κ1) is 30.6. The van der Waals surface area contributed by atoms with Crippen LogP contribution < -0.4 is 4.90 Å². The van der Waals surface area contributed by atoms with E-state index in [4.69, 9.17) is 0 Å². The molecule has 50 heavy (non-hydrogen) atoms. The molecule has 0 radical (unpaired) electrons. The van der Waals surface area contributed by atoms with Crippen LogP contribution in [0.2, 0.25) is 0 Å². The van der Waals surface area contributed by atoms with Crippen molar-refractivity contribution in [2.45, 2.75) is 56.8 Å². The molecular weight excluding hydrogens is 603 g/mol. The summed E-state index contributed by atoms with van der Waals surface area (Å²) in [5.41, 5.74) is 14.4. The van der Waals surface area contributed by atoms with Gasteiger partial charge >= 0.3 is 0 Å². The maximum atomic E-state index is 2.44. The molecule has 0 atom stereocenters. The maximum absolute atomic E-state index is 2.44. The molecular formula is C49H43N. The predicted octanol–water partition coefficient (Wildman–Crippen LogP) is 13.5. The molecule has 1 saturated carbocycles. The summed E-state index contributed by atoms with van der Waals surface area (Å²) in [7, 11) is 0. The Morgan fingerprint density at radius 3 is 1.76 bits per heavy atom. The second-order valence-electron chi connectivity index (χ2n) is 14.9. The first-order valence-corrected chi connectivity index (χ1v) is 18.3. The third-order valence-corrected chi connectivity index (χ3v) is 11.7. The molecule has 7 aromatic carbocycles. The Morgan fingerprint density at radius 1 is 0.420 bits per heavy atom. The lowest BCUT2D eigenvalue weighted by molar-refractivity contribution is 0.346. The lowest BCUT2D eigenvalue weighted by Crippen LogP contribution is -2.30. The largest absolute Gasteiger partial charge is 0.310 e. The standard InChI is InChI=1S/C49H43N/c1-48(2)46-18-10-9-17-44(46)45-34-43(29-30-47(45)48)50(41-25-21-36(22-26-41)38-20-19-35-13-7-8-14-37(35)33-38)42-27-23-40(24-28-42)49(31-11-4-12-32-49)39-15-5-3-6-16-39/h3,5-10,13-30,33-34H,4,11-12,31-32H2,1-2H3. The molecule has 1 fully saturated rings. The molecule has 0 N–H and O–H groups in total. The second-order valence-corrected chi connectivity index (χ2v) is 14.9. The average Bonchev–Trinajstić information content (AvgIpc) is 3.41. The fraction of sp³-hybridized carbons (Fsp3) is 0.184. The van der Waals surface area contributed by atoms with Crippen LogP contribution in [-0.2, 0) is 10.8 Å². The molecule has 1 nitrogen and oxygen atoms in total. The SMILES string of the molecule is CC1(C)c2ccccc2-c2cc(N(c3ccc(-c4ccc5ccccc5c4)cc3)c3ccc(C4(c5ccccc5)CCCCC4)cc3)ccc21. The van der Waals surface area contributed by atoms with Gasteiger partial charge in [-0.1, -0.05) is 154 Å². The van der Waals surface area contributed by atoms with Crippen LogP contribution in [0.25, 0.3) is 33.0 Å². The molecule has 0 saturated heterocycles. The highest BCUT2D eigenvalue weighted by Crippen LogP contribution is 2.51. The van der Waals surface area contributed by atoms with Gasteiger partial charge in [-0.3, -0.25) is 0 Å². The molecule has 0 aliphatic heterocycles. The van der Waals surface area contributed by atoms with Gasteiger partial charge in [0.1, 0.15) is 0 Å². The zero-order valence-corrected chi connectivity index (χ0v) is 29.1. The zero-order valence-electron chi connectivity index (χ0n) is 29.1. The number of hydrogen-bond acceptors (Lipinski definition) is 1. The molecule has 0 spiro atoms. The van der Waals surface area contributed by atoms with Gasteiger partial charge in [0.25, 0.3) is 0 Å². The van der Waals surface area contributed by atoms with Crippen molar-refractivity contribution in [3.63, 3.8) is 0 Å². The van der Waals surface area contributed by atoms with Crippen molar-refractivity contribution in [1.29, 1.82) is 0 Å². The monoisotopic (exact) mass is 645 g/mol. The Hall–Kier alpha value is -5.40. The Labute approximate surface area is 296 Å². The number of nitrogens with zero attached hydrogens (tertiary/aromatic N) is 1. The highest BCUT2D eigenvalue weighted by molar-refractivity contribution is 5.89. The number of hydrogen-bond donors (Lipinski definition) is 0. The van der Waals surface area contributed by atoms with Gasteiger partial charge in [-0.2, -0.15) is 0 Å². The highest BCUT2D eigenvalue weighted by atomic mass is 15.1. The summed E-state index contributed by atoms with van der Waals surface area (Å²) in [5, 5.41) is 2.54. The van der Waals surface area contributed by atoms with Gasteiger partial charge in [-0.05, 0) is 111 Å². The van der Waals surface area contributed by atoms with Crippen molar-refractivity contribution in [2.24, 2.45) is 0 Å². The van der Waals surface area contributed by atoms with E-state index in [1.165, 1.54) is 98.8 Å². The second kappa shape index (κ2) is 12.2. The van der Waals surface area contributed by atoms with Gasteiger partial charge in [-0.15, -0.1) is 0 Å². The molecule has 0 bridgehead atoms. The normalized spacial score (nSPS) is 15.7. The summed E-state index contributed by atoms with van der Waals surface area (Å²) in [6.07, 6.45) is 6.29. The first-order valence-electron chi connectivity index (χ1n) is 18.3. The lowest BCUT2D eigenvalue weighted by Gasteiger charge is -2.39. The van der Waals surface area contributed by atoms with Crippen molar-refractivity contribution in [2.75, 3.05) is 4.90 Å². The van der Waals surface area contributed by atoms with Crippen molar-refractivity contribution in [3.05, 3.63) is 186 Å². The minimum atomic E-state index is -0.0236. The molecule has 7 aromatic rings. The molecule has 244 valence electrons. The van der Waals surface area contributed by atoms with E-state index >= 15 is 0 Å². The summed E-state index contributed by atoms with van der Waals surface area (Å²) in [4.78, 5) is 2.44. The molecule has 9 rings (SSSR count). The van der Waals surface area contributed by atoms with E-state index in [-0.39, 0.29) is 10.8 Å². The van der Waals surface area contributed by atoms with Gasteiger partial charge in [0.15, 0.2) is 0 Å². The molecule has 0 aromatic heterocycles. The summed E-state index contributed by atoms with van der Waals surface area (Å²) in [6, 6.07) is 61.3. The van der Waals surface area contributed by atoms with E-state index < -0.39 is 0 Å². The van der Waals surface area contributed by atoms with Crippen molar-refractivity contribution < 1.29 is 0 Å². The van der Waals surface area contributed by atoms with E-state index in [2.05, 4.69) is 183 Å². The number of rotatable bonds is 6. The maximum Gasteiger partial charge on any atom is 0.0468 e. The zero-order chi connectivity index (χ0) is 33.7. The van der Waals surface area contributed by atoms with Crippen LogP contribution in [0.3, 0.4) is 0 Å². The number of benzene rings is 7. The fourth-order valence-corrected chi connectivity index (χ4v) is 9.05. The Morgan fingerprint density at radius 2 is 1.00 bits per heavy atom. The van der Waals surface area contributed by atoms with E-state index in [1.54, 1.807) is 0 Å². The van der Waals surface area contributed by atoms with Gasteiger partial charge in [0.05, 0.1) is 0 Å². The Kier molecular flexibility index (Phi) is 7.46. The van der Waals surface area contributed by atoms with E-state index in [0.29, 0.717) is 0 Å². The number of anilines is 3. The van der Waals surface area contributed by atoms with Crippen LogP contribution in [0.1, 0.15) is 68.2 Å². The average molecular weight is 646 g/mol. The Bertz CT molecular complexity index is 2310. The van der Waals surface area contributed by atoms with Crippen LogP contribution in [0.5, 0.6) is 0 Å². The van der Waals surface area contributed by atoms with Crippen molar-refractivity contribution in [3.8, 4) is 22.3 Å². The lowest BCUT2D eigenvalue weighted by atomic mass is 9.65. The third-order valence-electron chi connectivity index (χ3n) is 11.7. The third kappa shape index (κ3) is 5.07. The minimum Gasteiger partial charge on any atom is -0.310 e. The molecule has 0 heterocycles. The van der Waals surface area contributed by atoms with Gasteiger partial charge in [-0.25, -0.2) is 0 Å². The van der Waals surface area contributed by atoms with Crippen LogP contribution in [0.4, 0.5) is 17.1 Å². The highest BCUT2D eigenvalue weighted by Gasteiger charge is 2.37. The summed E-state index contributed by atoms with van der Waals surface area (Å²) < 4.78 is 0. The summed E-state index contributed by atoms with van der Waals surface area (Å²) >= 11 is 0. The van der Waals surface area contributed by atoms with Crippen molar-refractivity contribution >= 4 is 27.8 Å². The first-order chi connectivity index (χ1) is 24.5. The van der Waals surface area contributed by atoms with Crippen LogP contribution >= 0.6 is 0 Å². The summed E-state index contributed by atoms with van der Waals surface area (Å²) in [6.45, 7) is 4.71. The van der Waals surface area contributed by atoms with Crippen molar-refractivity contribution in [1.82, 2.24) is 0 Å². The molecule has 2 aliphatic rings. The van der Waals surface area contributed by atoms with Crippen LogP contribution in [-0.4, -0.2) is 0 Å². The van der Waals surface area contributed by atoms with Crippen LogP contribution in [0, 0.1) is 0 Å². The number of fused-ring (bicyclic) bond motifs is 4. The van der Waals surface area contributed by atoms with Gasteiger partial charge < -0.3 is 4.90 Å². The quantitative estimate of drug-likeness (QED) is 0.174. The van der Waals surface area contributed by atoms with E-state index in [0.717, 1.165) is 5.69 Å². The predicted molar refractivity (Wildman–Crippen MR) is 212 cm³/mol. The fourth-order valence-electron chi connectivity index (χ4n) is 9.05. The molecule has 2 aliphatic carbocycles. The van der Waals surface area contributed by atoms with E-state index in [9.17, 15) is 0 Å². The summed E-state index contributed by atoms with van der Waals surface area (Å²) in [5.74, 6) is 0. The van der Waals surface area contributed by atoms with Crippen LogP contribution in [0.15, 0.2) is 164 Å². The smallest absolute Gasteiger partial charge is 0.0468 e.